The number of nitrogens with zero attached hydrogens (tertiary/aromatic N) is 1. The van der Waals surface area contributed by atoms with Gasteiger partial charge >= 0.3 is 5.97 Å². The van der Waals surface area contributed by atoms with Crippen LogP contribution in [-0.4, -0.2) is 27.4 Å². The van der Waals surface area contributed by atoms with Gasteiger partial charge < -0.3 is 14.8 Å². The van der Waals surface area contributed by atoms with E-state index < -0.39 is 5.97 Å². The van der Waals surface area contributed by atoms with E-state index in [1.54, 1.807) is 6.07 Å². The van der Waals surface area contributed by atoms with E-state index in [2.05, 4.69) is 6.92 Å². The number of aromatic nitrogens is 1. The third-order valence-electron chi connectivity index (χ3n) is 3.74. The second-order valence-electron chi connectivity index (χ2n) is 5.20. The van der Waals surface area contributed by atoms with Crippen molar-refractivity contribution in [3.63, 3.8) is 0 Å². The molecule has 2 aromatic rings. The lowest BCUT2D eigenvalue weighted by Crippen LogP contribution is -2.08. The fraction of sp³-hybridized carbons (Fsp3) is 0.438. The van der Waals surface area contributed by atoms with Crippen LogP contribution in [0.15, 0.2) is 12.1 Å². The van der Waals surface area contributed by atoms with Crippen LogP contribution in [-0.2, 0) is 13.0 Å². The number of carboxylic acid groups (broad SMARTS) is 1. The number of fused-ring (bicyclic) bond motifs is 1. The van der Waals surface area contributed by atoms with Crippen LogP contribution in [0.3, 0.4) is 0 Å². The number of aryl methyl sites for hydroxylation is 2. The Morgan fingerprint density at radius 3 is 2.55 bits per heavy atom. The van der Waals surface area contributed by atoms with Gasteiger partial charge in [-0.05, 0) is 43.5 Å². The van der Waals surface area contributed by atoms with Gasteiger partial charge in [0.1, 0.15) is 0 Å². The highest BCUT2D eigenvalue weighted by Gasteiger charge is 2.19. The van der Waals surface area contributed by atoms with Gasteiger partial charge in [-0.3, -0.25) is 0 Å². The molecule has 20 heavy (non-hydrogen) atoms. The fourth-order valence-electron chi connectivity index (χ4n) is 2.93. The minimum atomic E-state index is -0.918. The summed E-state index contributed by atoms with van der Waals surface area (Å²) in [5.41, 5.74) is 4.26. The molecule has 0 radical (unpaired) electrons. The van der Waals surface area contributed by atoms with Gasteiger partial charge in [-0.2, -0.15) is 0 Å². The first-order chi connectivity index (χ1) is 9.51. The largest absolute Gasteiger partial charge is 0.478 e. The Labute approximate surface area is 118 Å². The van der Waals surface area contributed by atoms with Crippen LogP contribution in [0.4, 0.5) is 0 Å². The van der Waals surface area contributed by atoms with Crippen molar-refractivity contribution in [1.82, 2.24) is 4.57 Å². The molecule has 1 aromatic heterocycles. The summed E-state index contributed by atoms with van der Waals surface area (Å²) in [7, 11) is 0. The summed E-state index contributed by atoms with van der Waals surface area (Å²) in [5, 5.41) is 19.7. The molecule has 0 aliphatic carbocycles. The number of carbonyl (C=O) groups is 1. The molecular formula is C16H21NO3. The van der Waals surface area contributed by atoms with Crippen molar-refractivity contribution in [2.45, 2.75) is 40.2 Å². The van der Waals surface area contributed by atoms with Crippen molar-refractivity contribution in [3.05, 3.63) is 34.5 Å². The van der Waals surface area contributed by atoms with Crippen molar-refractivity contribution in [2.24, 2.45) is 0 Å². The van der Waals surface area contributed by atoms with Crippen LogP contribution in [0.5, 0.6) is 0 Å². The maximum Gasteiger partial charge on any atom is 0.337 e. The van der Waals surface area contributed by atoms with Gasteiger partial charge in [0.15, 0.2) is 0 Å². The van der Waals surface area contributed by atoms with Crippen LogP contribution in [0.2, 0.25) is 0 Å². The number of aromatic carboxylic acids is 1. The average molecular weight is 275 g/mol. The second kappa shape index (κ2) is 5.67. The molecule has 108 valence electrons. The molecule has 0 saturated carbocycles. The first-order valence-electron chi connectivity index (χ1n) is 6.97. The SMILES string of the molecule is CCCc1c(C)n(CCO)c2c(C(=O)O)cc(C)cc12. The van der Waals surface area contributed by atoms with Gasteiger partial charge in [0.05, 0.1) is 17.7 Å². The number of aliphatic hydroxyl groups is 1. The monoisotopic (exact) mass is 275 g/mol. The Kier molecular flexibility index (Phi) is 4.14. The maximum absolute atomic E-state index is 11.5. The number of benzene rings is 1. The lowest BCUT2D eigenvalue weighted by Gasteiger charge is -2.08. The summed E-state index contributed by atoms with van der Waals surface area (Å²) in [6.45, 7) is 6.46. The molecule has 0 fully saturated rings. The molecule has 4 heteroatoms. The summed E-state index contributed by atoms with van der Waals surface area (Å²) in [4.78, 5) is 11.5. The molecule has 1 heterocycles. The smallest absolute Gasteiger partial charge is 0.337 e. The number of hydrogen-bond acceptors (Lipinski definition) is 2. The van der Waals surface area contributed by atoms with E-state index in [0.29, 0.717) is 12.1 Å². The summed E-state index contributed by atoms with van der Waals surface area (Å²) in [5.74, 6) is -0.918. The molecular weight excluding hydrogens is 254 g/mol. The van der Waals surface area contributed by atoms with Gasteiger partial charge in [0.2, 0.25) is 0 Å². The molecule has 2 N–H and O–H groups in total. The molecule has 1 aromatic carbocycles. The van der Waals surface area contributed by atoms with Crippen molar-refractivity contribution in [3.8, 4) is 0 Å². The molecule has 0 atom stereocenters. The van der Waals surface area contributed by atoms with E-state index in [1.807, 2.05) is 24.5 Å². The van der Waals surface area contributed by atoms with E-state index in [1.165, 1.54) is 5.56 Å². The Hall–Kier alpha value is -1.81. The predicted octanol–water partition coefficient (Wildman–Crippen LogP) is 2.90. The van der Waals surface area contributed by atoms with Crippen molar-refractivity contribution >= 4 is 16.9 Å². The second-order valence-corrected chi connectivity index (χ2v) is 5.20. The molecule has 0 unspecified atom stereocenters. The summed E-state index contributed by atoms with van der Waals surface area (Å²) in [6, 6.07) is 3.75. The van der Waals surface area contributed by atoms with Crippen LogP contribution in [0.1, 0.15) is 40.5 Å². The quantitative estimate of drug-likeness (QED) is 0.882. The zero-order valence-electron chi connectivity index (χ0n) is 12.2. The zero-order chi connectivity index (χ0) is 14.9. The van der Waals surface area contributed by atoms with Crippen LogP contribution in [0.25, 0.3) is 10.9 Å². The highest BCUT2D eigenvalue weighted by atomic mass is 16.4. The van der Waals surface area contributed by atoms with E-state index in [4.69, 9.17) is 0 Å². The molecule has 4 nitrogen and oxygen atoms in total. The number of carboxylic acids is 1. The summed E-state index contributed by atoms with van der Waals surface area (Å²) in [6.07, 6.45) is 1.93. The number of hydrogen-bond donors (Lipinski definition) is 2. The van der Waals surface area contributed by atoms with Crippen LogP contribution >= 0.6 is 0 Å². The van der Waals surface area contributed by atoms with Gasteiger partial charge in [-0.15, -0.1) is 0 Å². The Bertz CT molecular complexity index is 656. The van der Waals surface area contributed by atoms with E-state index in [-0.39, 0.29) is 6.61 Å². The third kappa shape index (κ3) is 2.31. The van der Waals surface area contributed by atoms with Gasteiger partial charge in [-0.1, -0.05) is 13.3 Å². The molecule has 0 amide bonds. The predicted molar refractivity (Wildman–Crippen MR) is 79.5 cm³/mol. The van der Waals surface area contributed by atoms with Gasteiger partial charge in [0, 0.05) is 17.6 Å². The summed E-state index contributed by atoms with van der Waals surface area (Å²) < 4.78 is 1.93. The van der Waals surface area contributed by atoms with Crippen molar-refractivity contribution in [1.29, 1.82) is 0 Å². The fourth-order valence-corrected chi connectivity index (χ4v) is 2.93. The molecule has 0 aliphatic heterocycles. The zero-order valence-corrected chi connectivity index (χ0v) is 12.2. The van der Waals surface area contributed by atoms with Gasteiger partial charge in [-0.25, -0.2) is 4.79 Å². The lowest BCUT2D eigenvalue weighted by atomic mass is 10.0. The van der Waals surface area contributed by atoms with E-state index in [0.717, 1.165) is 35.0 Å². The topological polar surface area (TPSA) is 62.5 Å². The number of aliphatic hydroxyl groups excluding tert-OH is 1. The molecule has 0 aliphatic rings. The third-order valence-corrected chi connectivity index (χ3v) is 3.74. The molecule has 0 bridgehead atoms. The van der Waals surface area contributed by atoms with Crippen LogP contribution in [0, 0.1) is 13.8 Å². The summed E-state index contributed by atoms with van der Waals surface area (Å²) >= 11 is 0. The standard InChI is InChI=1S/C16H21NO3/c1-4-5-12-11(3)17(6-7-18)15-13(12)8-10(2)9-14(15)16(19)20/h8-9,18H,4-7H2,1-3H3,(H,19,20). The molecule has 0 saturated heterocycles. The van der Waals surface area contributed by atoms with E-state index >= 15 is 0 Å². The van der Waals surface area contributed by atoms with Crippen LogP contribution < -0.4 is 0 Å². The molecule has 0 spiro atoms. The first-order valence-corrected chi connectivity index (χ1v) is 6.97. The highest BCUT2D eigenvalue weighted by molar-refractivity contribution is 6.04. The minimum Gasteiger partial charge on any atom is -0.478 e. The average Bonchev–Trinajstić information content (AvgIpc) is 2.64. The Balaban J connectivity index is 2.88. The normalized spacial score (nSPS) is 11.2. The van der Waals surface area contributed by atoms with E-state index in [9.17, 15) is 15.0 Å². The van der Waals surface area contributed by atoms with Crippen molar-refractivity contribution in [2.75, 3.05) is 6.61 Å². The Morgan fingerprint density at radius 2 is 2.00 bits per heavy atom. The van der Waals surface area contributed by atoms with Crippen molar-refractivity contribution < 1.29 is 15.0 Å². The minimum absolute atomic E-state index is 0.00310. The maximum atomic E-state index is 11.5. The highest BCUT2D eigenvalue weighted by Crippen LogP contribution is 2.31. The number of rotatable bonds is 5. The van der Waals surface area contributed by atoms with Gasteiger partial charge in [0.25, 0.3) is 0 Å². The first kappa shape index (κ1) is 14.6. The lowest BCUT2D eigenvalue weighted by molar-refractivity contribution is 0.0698. The Morgan fingerprint density at radius 1 is 1.30 bits per heavy atom. The molecule has 2 rings (SSSR count).